The van der Waals surface area contributed by atoms with E-state index in [2.05, 4.69) is 6.07 Å². The SMILES string of the molecule is N#Cc1cc2sc3ccccc3n2c1C(=O)c1ccccc1. The van der Waals surface area contributed by atoms with Gasteiger partial charge in [0.15, 0.2) is 0 Å². The van der Waals surface area contributed by atoms with Crippen molar-refractivity contribution in [3.63, 3.8) is 0 Å². The van der Waals surface area contributed by atoms with Gasteiger partial charge in [-0.3, -0.25) is 9.20 Å². The van der Waals surface area contributed by atoms with Crippen LogP contribution in [0, 0.1) is 11.3 Å². The second kappa shape index (κ2) is 4.83. The van der Waals surface area contributed by atoms with Crippen molar-refractivity contribution < 1.29 is 4.79 Å². The Balaban J connectivity index is 2.07. The van der Waals surface area contributed by atoms with Crippen LogP contribution in [0.1, 0.15) is 21.6 Å². The van der Waals surface area contributed by atoms with E-state index in [0.717, 1.165) is 15.0 Å². The highest BCUT2D eigenvalue weighted by molar-refractivity contribution is 7.24. The van der Waals surface area contributed by atoms with Gasteiger partial charge >= 0.3 is 0 Å². The second-order valence-electron chi connectivity index (χ2n) is 4.96. The average Bonchev–Trinajstić information content (AvgIpc) is 3.10. The molecule has 0 N–H and O–H groups in total. The minimum absolute atomic E-state index is 0.124. The molecule has 4 aromatic rings. The predicted molar refractivity (Wildman–Crippen MR) is 87.4 cm³/mol. The van der Waals surface area contributed by atoms with E-state index >= 15 is 0 Å². The molecule has 2 heterocycles. The molecule has 2 aromatic carbocycles. The number of aromatic nitrogens is 1. The molecule has 0 saturated carbocycles. The van der Waals surface area contributed by atoms with Crippen LogP contribution < -0.4 is 0 Å². The van der Waals surface area contributed by atoms with Crippen LogP contribution in [-0.4, -0.2) is 10.2 Å². The van der Waals surface area contributed by atoms with Crippen molar-refractivity contribution in [2.24, 2.45) is 0 Å². The smallest absolute Gasteiger partial charge is 0.211 e. The quantitative estimate of drug-likeness (QED) is 0.519. The molecule has 2 aromatic heterocycles. The number of benzene rings is 2. The van der Waals surface area contributed by atoms with Crippen LogP contribution in [0.3, 0.4) is 0 Å². The van der Waals surface area contributed by atoms with Gasteiger partial charge in [-0.05, 0) is 18.2 Å². The first-order valence-corrected chi connectivity index (χ1v) is 7.64. The normalized spacial score (nSPS) is 10.9. The number of hydrogen-bond donors (Lipinski definition) is 0. The Morgan fingerprint density at radius 2 is 1.77 bits per heavy atom. The van der Waals surface area contributed by atoms with E-state index in [-0.39, 0.29) is 5.78 Å². The van der Waals surface area contributed by atoms with Gasteiger partial charge in [-0.25, -0.2) is 0 Å². The highest BCUT2D eigenvalue weighted by atomic mass is 32.1. The zero-order valence-corrected chi connectivity index (χ0v) is 12.3. The van der Waals surface area contributed by atoms with Gasteiger partial charge in [0.1, 0.15) is 16.6 Å². The minimum Gasteiger partial charge on any atom is -0.295 e. The summed E-state index contributed by atoms with van der Waals surface area (Å²) in [6.07, 6.45) is 0. The molecule has 0 spiro atoms. The van der Waals surface area contributed by atoms with Crippen molar-refractivity contribution in [3.8, 4) is 6.07 Å². The van der Waals surface area contributed by atoms with Crippen molar-refractivity contribution in [1.82, 2.24) is 4.40 Å². The third-order valence-corrected chi connectivity index (χ3v) is 4.73. The van der Waals surface area contributed by atoms with E-state index < -0.39 is 0 Å². The molecular weight excluding hydrogens is 292 g/mol. The molecule has 0 saturated heterocycles. The van der Waals surface area contributed by atoms with E-state index in [0.29, 0.717) is 16.8 Å². The van der Waals surface area contributed by atoms with E-state index in [9.17, 15) is 10.1 Å². The Morgan fingerprint density at radius 1 is 1.05 bits per heavy atom. The molecule has 0 aliphatic carbocycles. The van der Waals surface area contributed by atoms with E-state index in [1.54, 1.807) is 29.5 Å². The molecule has 4 heteroatoms. The topological polar surface area (TPSA) is 45.3 Å². The fourth-order valence-corrected chi connectivity index (χ4v) is 3.77. The maximum absolute atomic E-state index is 12.9. The lowest BCUT2D eigenvalue weighted by atomic mass is 10.1. The number of thiazole rings is 1. The minimum atomic E-state index is -0.124. The summed E-state index contributed by atoms with van der Waals surface area (Å²) in [5.74, 6) is -0.124. The van der Waals surface area contributed by atoms with E-state index in [1.165, 1.54) is 0 Å². The average molecular weight is 302 g/mol. The molecule has 0 fully saturated rings. The number of fused-ring (bicyclic) bond motifs is 3. The number of ketones is 1. The van der Waals surface area contributed by atoms with Crippen LogP contribution in [0.2, 0.25) is 0 Å². The molecular formula is C18H10N2OS. The summed E-state index contributed by atoms with van der Waals surface area (Å²) in [6.45, 7) is 0. The van der Waals surface area contributed by atoms with Gasteiger partial charge < -0.3 is 0 Å². The lowest BCUT2D eigenvalue weighted by Crippen LogP contribution is -2.06. The van der Waals surface area contributed by atoms with Crippen molar-refractivity contribution >= 4 is 32.2 Å². The number of carbonyl (C=O) groups excluding carboxylic acids is 1. The fourth-order valence-electron chi connectivity index (χ4n) is 2.68. The molecule has 22 heavy (non-hydrogen) atoms. The standard InChI is InChI=1S/C18H10N2OS/c19-11-13-10-16-20(14-8-4-5-9-15(14)22-16)17(13)18(21)12-6-2-1-3-7-12/h1-10H. The summed E-state index contributed by atoms with van der Waals surface area (Å²) in [4.78, 5) is 13.8. The van der Waals surface area contributed by atoms with Gasteiger partial charge in [0.25, 0.3) is 0 Å². The third-order valence-electron chi connectivity index (χ3n) is 3.66. The maximum atomic E-state index is 12.9. The molecule has 104 valence electrons. The molecule has 0 amide bonds. The number of carbonyl (C=O) groups is 1. The molecule has 0 radical (unpaired) electrons. The fraction of sp³-hybridized carbons (Fsp3) is 0. The van der Waals surface area contributed by atoms with Crippen LogP contribution >= 0.6 is 11.3 Å². The van der Waals surface area contributed by atoms with Gasteiger partial charge in [-0.2, -0.15) is 5.26 Å². The van der Waals surface area contributed by atoms with Crippen LogP contribution in [0.25, 0.3) is 15.0 Å². The molecule has 0 aliphatic rings. The molecule has 0 atom stereocenters. The van der Waals surface area contributed by atoms with Crippen LogP contribution in [0.5, 0.6) is 0 Å². The Kier molecular flexibility index (Phi) is 2.81. The maximum Gasteiger partial charge on any atom is 0.211 e. The van der Waals surface area contributed by atoms with Crippen molar-refractivity contribution in [1.29, 1.82) is 5.26 Å². The van der Waals surface area contributed by atoms with Crippen molar-refractivity contribution in [2.75, 3.05) is 0 Å². The number of nitriles is 1. The number of nitrogens with zero attached hydrogens (tertiary/aromatic N) is 2. The molecule has 3 nitrogen and oxygen atoms in total. The lowest BCUT2D eigenvalue weighted by molar-refractivity contribution is 0.103. The summed E-state index contributed by atoms with van der Waals surface area (Å²) < 4.78 is 3.00. The Bertz CT molecular complexity index is 1050. The first kappa shape index (κ1) is 12.8. The first-order valence-electron chi connectivity index (χ1n) is 6.82. The number of rotatable bonds is 2. The molecule has 4 rings (SSSR count). The monoisotopic (exact) mass is 302 g/mol. The van der Waals surface area contributed by atoms with Gasteiger partial charge in [-0.15, -0.1) is 11.3 Å². The van der Waals surface area contributed by atoms with Crippen LogP contribution in [0.15, 0.2) is 60.7 Å². The molecule has 0 bridgehead atoms. The van der Waals surface area contributed by atoms with Crippen LogP contribution in [0.4, 0.5) is 0 Å². The van der Waals surface area contributed by atoms with Gasteiger partial charge in [0.05, 0.1) is 15.8 Å². The Hall–Kier alpha value is -2.90. The van der Waals surface area contributed by atoms with Gasteiger partial charge in [0, 0.05) is 5.56 Å². The number of hydrogen-bond acceptors (Lipinski definition) is 3. The highest BCUT2D eigenvalue weighted by Gasteiger charge is 2.21. The number of para-hydroxylation sites is 1. The van der Waals surface area contributed by atoms with E-state index in [4.69, 9.17) is 0 Å². The van der Waals surface area contributed by atoms with Gasteiger partial charge in [-0.1, -0.05) is 42.5 Å². The molecule has 0 unspecified atom stereocenters. The zero-order chi connectivity index (χ0) is 15.1. The summed E-state index contributed by atoms with van der Waals surface area (Å²) in [5, 5.41) is 9.39. The summed E-state index contributed by atoms with van der Waals surface area (Å²) >= 11 is 1.58. The molecule has 0 aliphatic heterocycles. The summed E-state index contributed by atoms with van der Waals surface area (Å²) in [6, 6.07) is 20.9. The second-order valence-corrected chi connectivity index (χ2v) is 6.02. The Morgan fingerprint density at radius 3 is 2.55 bits per heavy atom. The highest BCUT2D eigenvalue weighted by Crippen LogP contribution is 2.31. The van der Waals surface area contributed by atoms with E-state index in [1.807, 2.05) is 46.9 Å². The third kappa shape index (κ3) is 1.77. The van der Waals surface area contributed by atoms with Crippen molar-refractivity contribution in [2.45, 2.75) is 0 Å². The Labute approximate surface area is 130 Å². The first-order chi connectivity index (χ1) is 10.8. The van der Waals surface area contributed by atoms with Gasteiger partial charge in [0.2, 0.25) is 5.78 Å². The van der Waals surface area contributed by atoms with Crippen molar-refractivity contribution in [3.05, 3.63) is 77.5 Å². The lowest BCUT2D eigenvalue weighted by Gasteiger charge is -2.02. The summed E-state index contributed by atoms with van der Waals surface area (Å²) in [7, 11) is 0. The zero-order valence-electron chi connectivity index (χ0n) is 11.5. The van der Waals surface area contributed by atoms with Crippen LogP contribution in [-0.2, 0) is 0 Å². The largest absolute Gasteiger partial charge is 0.295 e. The summed E-state index contributed by atoms with van der Waals surface area (Å²) in [5.41, 5.74) is 2.42. The predicted octanol–water partition coefficient (Wildman–Crippen LogP) is 4.26.